The summed E-state index contributed by atoms with van der Waals surface area (Å²) in [5.41, 5.74) is 5.34. The van der Waals surface area contributed by atoms with Crippen LogP contribution in [0.4, 0.5) is 0 Å². The molecular weight excluding hydrogens is 344 g/mol. The highest BCUT2D eigenvalue weighted by molar-refractivity contribution is 5.91. The zero-order valence-electron chi connectivity index (χ0n) is 16.9. The van der Waals surface area contributed by atoms with E-state index < -0.39 is 6.29 Å². The normalized spacial score (nSPS) is 11.2. The molecule has 1 heterocycles. The lowest BCUT2D eigenvalue weighted by molar-refractivity contribution is -0.145. The van der Waals surface area contributed by atoms with Crippen molar-refractivity contribution in [1.82, 2.24) is 20.3 Å². The second-order valence-corrected chi connectivity index (χ2v) is 6.55. The van der Waals surface area contributed by atoms with Crippen molar-refractivity contribution in [1.29, 1.82) is 0 Å². The van der Waals surface area contributed by atoms with Crippen molar-refractivity contribution in [3.05, 3.63) is 46.3 Å². The van der Waals surface area contributed by atoms with E-state index in [1.54, 1.807) is 10.9 Å². The van der Waals surface area contributed by atoms with Crippen LogP contribution in [0.1, 0.15) is 46.6 Å². The summed E-state index contributed by atoms with van der Waals surface area (Å²) >= 11 is 0. The van der Waals surface area contributed by atoms with E-state index in [1.165, 1.54) is 22.3 Å². The number of carbonyl (C=O) groups excluding carboxylic acids is 1. The van der Waals surface area contributed by atoms with Crippen LogP contribution < -0.4 is 5.32 Å². The lowest BCUT2D eigenvalue weighted by Gasteiger charge is -2.16. The molecule has 0 bridgehead atoms. The van der Waals surface area contributed by atoms with Gasteiger partial charge in [0, 0.05) is 19.8 Å². The van der Waals surface area contributed by atoms with Gasteiger partial charge in [-0.05, 0) is 57.7 Å². The Morgan fingerprint density at radius 3 is 2.37 bits per heavy atom. The molecule has 7 nitrogen and oxygen atoms in total. The van der Waals surface area contributed by atoms with Crippen molar-refractivity contribution in [2.75, 3.05) is 19.8 Å². The molecule has 0 radical (unpaired) electrons. The zero-order valence-corrected chi connectivity index (χ0v) is 16.9. The summed E-state index contributed by atoms with van der Waals surface area (Å²) < 4.78 is 12.5. The molecule has 0 fully saturated rings. The quantitative estimate of drug-likeness (QED) is 0.647. The van der Waals surface area contributed by atoms with Crippen molar-refractivity contribution < 1.29 is 14.3 Å². The molecule has 0 aliphatic carbocycles. The lowest BCUT2D eigenvalue weighted by atomic mass is 9.97. The van der Waals surface area contributed by atoms with Crippen LogP contribution in [0.15, 0.2) is 18.3 Å². The number of hydrogen-bond donors (Lipinski definition) is 1. The topological polar surface area (TPSA) is 78.3 Å². The van der Waals surface area contributed by atoms with E-state index >= 15 is 0 Å². The van der Waals surface area contributed by atoms with Crippen LogP contribution in [-0.4, -0.2) is 46.9 Å². The Kier molecular flexibility index (Phi) is 7.94. The number of carbonyl (C=O) groups is 1. The minimum Gasteiger partial charge on any atom is -0.351 e. The van der Waals surface area contributed by atoms with Crippen LogP contribution >= 0.6 is 0 Å². The van der Waals surface area contributed by atoms with E-state index in [0.29, 0.717) is 32.0 Å². The van der Waals surface area contributed by atoms with Gasteiger partial charge in [0.05, 0.1) is 12.7 Å². The molecule has 0 saturated carbocycles. The van der Waals surface area contributed by atoms with Gasteiger partial charge in [-0.15, -0.1) is 5.10 Å². The van der Waals surface area contributed by atoms with Gasteiger partial charge in [-0.3, -0.25) is 4.79 Å². The number of nitrogens with one attached hydrogen (secondary N) is 1. The molecule has 0 saturated heterocycles. The number of benzene rings is 1. The maximum atomic E-state index is 12.3. The molecule has 0 aliphatic heterocycles. The average molecular weight is 374 g/mol. The summed E-state index contributed by atoms with van der Waals surface area (Å²) in [5.74, 6) is -0.229. The Hall–Kier alpha value is -2.25. The molecule has 1 N–H and O–H groups in total. The van der Waals surface area contributed by atoms with Gasteiger partial charge in [-0.2, -0.15) is 0 Å². The fourth-order valence-electron chi connectivity index (χ4n) is 3.17. The smallest absolute Gasteiger partial charge is 0.273 e. The Bertz CT molecular complexity index is 728. The van der Waals surface area contributed by atoms with Crippen molar-refractivity contribution in [2.24, 2.45) is 0 Å². The van der Waals surface area contributed by atoms with Gasteiger partial charge >= 0.3 is 0 Å². The summed E-state index contributed by atoms with van der Waals surface area (Å²) in [5, 5.41) is 10.9. The Balaban J connectivity index is 1.89. The Morgan fingerprint density at radius 1 is 1.15 bits per heavy atom. The first-order valence-corrected chi connectivity index (χ1v) is 9.42. The number of nitrogens with zero attached hydrogens (tertiary/aromatic N) is 3. The van der Waals surface area contributed by atoms with Crippen LogP contribution in [0.2, 0.25) is 0 Å². The number of hydrogen-bond acceptors (Lipinski definition) is 5. The molecule has 1 amide bonds. The van der Waals surface area contributed by atoms with Crippen molar-refractivity contribution in [2.45, 2.75) is 53.9 Å². The molecule has 1 aromatic heterocycles. The molecule has 2 aromatic rings. The number of aryl methyl sites for hydroxylation is 3. The van der Waals surface area contributed by atoms with E-state index in [2.05, 4.69) is 48.5 Å². The van der Waals surface area contributed by atoms with E-state index in [0.717, 1.165) is 6.42 Å². The van der Waals surface area contributed by atoms with Crippen LogP contribution in [0.3, 0.4) is 0 Å². The fourth-order valence-corrected chi connectivity index (χ4v) is 3.17. The van der Waals surface area contributed by atoms with E-state index in [4.69, 9.17) is 9.47 Å². The van der Waals surface area contributed by atoms with E-state index in [-0.39, 0.29) is 5.91 Å². The summed E-state index contributed by atoms with van der Waals surface area (Å²) in [6.07, 6.45) is 2.00. The van der Waals surface area contributed by atoms with Crippen LogP contribution in [0, 0.1) is 20.8 Å². The molecule has 0 atom stereocenters. The minimum absolute atomic E-state index is 0.229. The second kappa shape index (κ2) is 10.2. The summed E-state index contributed by atoms with van der Waals surface area (Å²) in [6.45, 7) is 12.2. The van der Waals surface area contributed by atoms with Crippen LogP contribution in [-0.2, 0) is 22.4 Å². The average Bonchev–Trinajstić information content (AvgIpc) is 3.06. The molecule has 7 heteroatoms. The van der Waals surface area contributed by atoms with Crippen molar-refractivity contribution in [3.63, 3.8) is 0 Å². The Morgan fingerprint density at radius 2 is 1.78 bits per heavy atom. The highest BCUT2D eigenvalue weighted by Crippen LogP contribution is 2.16. The summed E-state index contributed by atoms with van der Waals surface area (Å²) in [7, 11) is 0. The highest BCUT2D eigenvalue weighted by Gasteiger charge is 2.14. The molecular formula is C20H30N4O3. The summed E-state index contributed by atoms with van der Waals surface area (Å²) in [4.78, 5) is 12.3. The highest BCUT2D eigenvalue weighted by atomic mass is 16.7. The first-order chi connectivity index (χ1) is 12.9. The standard InChI is InChI=1S/C20H30N4O3/c1-6-26-19(27-7-2)13-24-12-18(22-23-24)20(25)21-9-8-17-15(4)10-14(3)11-16(17)5/h10-12,19H,6-9,13H2,1-5H3,(H,21,25). The van der Waals surface area contributed by atoms with Gasteiger partial charge in [-0.1, -0.05) is 22.9 Å². The van der Waals surface area contributed by atoms with E-state index in [1.807, 2.05) is 13.8 Å². The van der Waals surface area contributed by atoms with Gasteiger partial charge in [0.15, 0.2) is 12.0 Å². The van der Waals surface area contributed by atoms with Crippen molar-refractivity contribution >= 4 is 5.91 Å². The first-order valence-electron chi connectivity index (χ1n) is 9.42. The molecule has 1 aromatic carbocycles. The van der Waals surface area contributed by atoms with Gasteiger partial charge in [-0.25, -0.2) is 4.68 Å². The summed E-state index contributed by atoms with van der Waals surface area (Å²) in [6, 6.07) is 4.34. The number of ether oxygens (including phenoxy) is 2. The monoisotopic (exact) mass is 374 g/mol. The predicted octanol–water partition coefficient (Wildman–Crippen LogP) is 2.57. The third-order valence-corrected chi connectivity index (χ3v) is 4.31. The number of aromatic nitrogens is 3. The molecule has 148 valence electrons. The molecule has 0 spiro atoms. The van der Waals surface area contributed by atoms with Gasteiger partial charge < -0.3 is 14.8 Å². The second-order valence-electron chi connectivity index (χ2n) is 6.55. The lowest BCUT2D eigenvalue weighted by Crippen LogP contribution is -2.26. The van der Waals surface area contributed by atoms with E-state index in [9.17, 15) is 4.79 Å². The van der Waals surface area contributed by atoms with Gasteiger partial charge in [0.2, 0.25) is 0 Å². The van der Waals surface area contributed by atoms with Crippen LogP contribution in [0.5, 0.6) is 0 Å². The SMILES string of the molecule is CCOC(Cn1cc(C(=O)NCCc2c(C)cc(C)cc2C)nn1)OCC. The first kappa shape index (κ1) is 21.1. The third-order valence-electron chi connectivity index (χ3n) is 4.31. The number of rotatable bonds is 10. The molecule has 2 rings (SSSR count). The minimum atomic E-state index is -0.398. The number of amides is 1. The Labute approximate surface area is 161 Å². The predicted molar refractivity (Wildman–Crippen MR) is 104 cm³/mol. The molecule has 0 aliphatic rings. The third kappa shape index (κ3) is 6.15. The maximum absolute atomic E-state index is 12.3. The maximum Gasteiger partial charge on any atom is 0.273 e. The fraction of sp³-hybridized carbons (Fsp3) is 0.550. The zero-order chi connectivity index (χ0) is 19.8. The largest absolute Gasteiger partial charge is 0.351 e. The van der Waals surface area contributed by atoms with Crippen molar-refractivity contribution in [3.8, 4) is 0 Å². The van der Waals surface area contributed by atoms with Gasteiger partial charge in [0.1, 0.15) is 0 Å². The van der Waals surface area contributed by atoms with Gasteiger partial charge in [0.25, 0.3) is 5.91 Å². The molecule has 27 heavy (non-hydrogen) atoms. The van der Waals surface area contributed by atoms with Crippen LogP contribution in [0.25, 0.3) is 0 Å². The molecule has 0 unspecified atom stereocenters.